The monoisotopic (exact) mass is 267 g/mol. The largest absolute Gasteiger partial charge is 0.363 e. The Hall–Kier alpha value is -2.41. The second-order valence-corrected chi connectivity index (χ2v) is 4.88. The van der Waals surface area contributed by atoms with E-state index in [-0.39, 0.29) is 11.6 Å². The maximum absolute atomic E-state index is 13.8. The Labute approximate surface area is 117 Å². The van der Waals surface area contributed by atoms with Crippen molar-refractivity contribution in [1.82, 2.24) is 4.98 Å². The Bertz CT molecular complexity index is 649. The maximum atomic E-state index is 13.8. The molecular weight excluding hydrogens is 253 g/mol. The number of nitriles is 1. The zero-order chi connectivity index (χ0) is 13.9. The molecule has 1 aliphatic heterocycles. The minimum Gasteiger partial charge on any atom is -0.363 e. The highest BCUT2D eigenvalue weighted by atomic mass is 19.1. The average molecular weight is 267 g/mol. The molecule has 1 fully saturated rings. The molecule has 0 saturated carbocycles. The van der Waals surface area contributed by atoms with Crippen LogP contribution in [0.3, 0.4) is 0 Å². The predicted molar refractivity (Wildman–Crippen MR) is 74.7 cm³/mol. The Morgan fingerprint density at radius 3 is 2.80 bits per heavy atom. The molecule has 0 amide bonds. The number of nitrogens with zero attached hydrogens (tertiary/aromatic N) is 3. The molecule has 0 N–H and O–H groups in total. The molecule has 3 nitrogen and oxygen atoms in total. The van der Waals surface area contributed by atoms with Gasteiger partial charge < -0.3 is 4.90 Å². The van der Waals surface area contributed by atoms with Gasteiger partial charge in [0.25, 0.3) is 0 Å². The summed E-state index contributed by atoms with van der Waals surface area (Å²) in [6.45, 7) is 0.838. The van der Waals surface area contributed by atoms with E-state index in [4.69, 9.17) is 0 Å². The lowest BCUT2D eigenvalue weighted by atomic mass is 10.0. The van der Waals surface area contributed by atoms with Gasteiger partial charge in [-0.3, -0.25) is 4.98 Å². The highest BCUT2D eigenvalue weighted by Crippen LogP contribution is 2.37. The number of hydrogen-bond acceptors (Lipinski definition) is 3. The van der Waals surface area contributed by atoms with Crippen molar-refractivity contribution < 1.29 is 4.39 Å². The molecule has 2 heterocycles. The number of anilines is 1. The molecule has 0 unspecified atom stereocenters. The molecule has 20 heavy (non-hydrogen) atoms. The third-order valence-corrected chi connectivity index (χ3v) is 3.76. The standard InChI is InChI=1S/C16H14FN3/c17-14-3-1-4-16(13(14)11-18)20-10-2-5-15(20)12-6-8-19-9-7-12/h1,3-4,6-9,15H,2,5,10H2/t15-/m1/s1. The predicted octanol–water partition coefficient (Wildman–Crippen LogP) is 3.43. The normalized spacial score (nSPS) is 18.0. The lowest BCUT2D eigenvalue weighted by molar-refractivity contribution is 0.621. The van der Waals surface area contributed by atoms with Gasteiger partial charge in [0.15, 0.2) is 0 Å². The molecule has 100 valence electrons. The highest BCUT2D eigenvalue weighted by molar-refractivity contribution is 5.61. The zero-order valence-electron chi connectivity index (χ0n) is 11.0. The summed E-state index contributed by atoms with van der Waals surface area (Å²) in [5.41, 5.74) is 1.98. The summed E-state index contributed by atoms with van der Waals surface area (Å²) in [5.74, 6) is -0.453. The summed E-state index contributed by atoms with van der Waals surface area (Å²) in [7, 11) is 0. The molecule has 0 spiro atoms. The van der Waals surface area contributed by atoms with E-state index in [1.165, 1.54) is 6.07 Å². The summed E-state index contributed by atoms with van der Waals surface area (Å²) < 4.78 is 13.8. The van der Waals surface area contributed by atoms with Gasteiger partial charge in [-0.05, 0) is 42.7 Å². The minimum atomic E-state index is -0.453. The SMILES string of the molecule is N#Cc1c(F)cccc1N1CCC[C@@H]1c1ccncc1. The third-order valence-electron chi connectivity index (χ3n) is 3.76. The van der Waals surface area contributed by atoms with Crippen molar-refractivity contribution in [3.8, 4) is 6.07 Å². The lowest BCUT2D eigenvalue weighted by Crippen LogP contribution is -2.23. The summed E-state index contributed by atoms with van der Waals surface area (Å²) in [5, 5.41) is 9.19. The molecule has 0 bridgehead atoms. The van der Waals surface area contributed by atoms with Crippen LogP contribution in [0, 0.1) is 17.1 Å². The number of hydrogen-bond donors (Lipinski definition) is 0. The van der Waals surface area contributed by atoms with E-state index < -0.39 is 5.82 Å². The van der Waals surface area contributed by atoms with Gasteiger partial charge in [-0.15, -0.1) is 0 Å². The number of halogens is 1. The van der Waals surface area contributed by atoms with Crippen LogP contribution >= 0.6 is 0 Å². The van der Waals surface area contributed by atoms with Crippen LogP contribution in [0.4, 0.5) is 10.1 Å². The fourth-order valence-electron chi connectivity index (χ4n) is 2.85. The summed E-state index contributed by atoms with van der Waals surface area (Å²) in [6.07, 6.45) is 5.57. The van der Waals surface area contributed by atoms with Crippen LogP contribution in [-0.4, -0.2) is 11.5 Å². The Kier molecular flexibility index (Phi) is 3.34. The molecule has 1 aliphatic rings. The van der Waals surface area contributed by atoms with E-state index in [1.54, 1.807) is 18.5 Å². The van der Waals surface area contributed by atoms with Crippen LogP contribution in [0.15, 0.2) is 42.7 Å². The highest BCUT2D eigenvalue weighted by Gasteiger charge is 2.28. The Balaban J connectivity index is 2.02. The Morgan fingerprint density at radius 1 is 1.25 bits per heavy atom. The van der Waals surface area contributed by atoms with Crippen molar-refractivity contribution in [1.29, 1.82) is 5.26 Å². The minimum absolute atomic E-state index is 0.133. The first-order valence-corrected chi connectivity index (χ1v) is 6.66. The second kappa shape index (κ2) is 5.30. The van der Waals surface area contributed by atoms with E-state index in [0.717, 1.165) is 24.9 Å². The summed E-state index contributed by atoms with van der Waals surface area (Å²) in [6, 6.07) is 10.9. The van der Waals surface area contributed by atoms with Gasteiger partial charge in [-0.25, -0.2) is 4.39 Å². The van der Waals surface area contributed by atoms with E-state index in [9.17, 15) is 9.65 Å². The van der Waals surface area contributed by atoms with Gasteiger partial charge in [0.1, 0.15) is 17.4 Å². The molecule has 3 rings (SSSR count). The first kappa shape index (κ1) is 12.6. The molecular formula is C16H14FN3. The van der Waals surface area contributed by atoms with Crippen LogP contribution in [-0.2, 0) is 0 Å². The fraction of sp³-hybridized carbons (Fsp3) is 0.250. The topological polar surface area (TPSA) is 39.9 Å². The molecule has 1 saturated heterocycles. The van der Waals surface area contributed by atoms with E-state index in [0.29, 0.717) is 5.69 Å². The van der Waals surface area contributed by atoms with Crippen LogP contribution in [0.25, 0.3) is 0 Å². The van der Waals surface area contributed by atoms with Gasteiger partial charge in [0, 0.05) is 18.9 Å². The van der Waals surface area contributed by atoms with Gasteiger partial charge in [-0.2, -0.15) is 5.26 Å². The molecule has 0 aliphatic carbocycles. The van der Waals surface area contributed by atoms with Gasteiger partial charge in [0.05, 0.1) is 11.7 Å². The molecule has 2 aromatic rings. The lowest BCUT2D eigenvalue weighted by Gasteiger charge is -2.28. The molecule has 1 atom stereocenters. The quantitative estimate of drug-likeness (QED) is 0.836. The van der Waals surface area contributed by atoms with Crippen molar-refractivity contribution in [2.45, 2.75) is 18.9 Å². The summed E-state index contributed by atoms with van der Waals surface area (Å²) >= 11 is 0. The van der Waals surface area contributed by atoms with Gasteiger partial charge in [0.2, 0.25) is 0 Å². The maximum Gasteiger partial charge on any atom is 0.143 e. The average Bonchev–Trinajstić information content (AvgIpc) is 2.97. The van der Waals surface area contributed by atoms with Crippen molar-refractivity contribution >= 4 is 5.69 Å². The van der Waals surface area contributed by atoms with E-state index in [1.807, 2.05) is 24.3 Å². The number of benzene rings is 1. The number of rotatable bonds is 2. The van der Waals surface area contributed by atoms with Crippen LogP contribution < -0.4 is 4.90 Å². The van der Waals surface area contributed by atoms with Crippen molar-refractivity contribution in [3.05, 3.63) is 59.7 Å². The first-order chi connectivity index (χ1) is 9.81. The van der Waals surface area contributed by atoms with Crippen molar-refractivity contribution in [3.63, 3.8) is 0 Å². The first-order valence-electron chi connectivity index (χ1n) is 6.66. The fourth-order valence-corrected chi connectivity index (χ4v) is 2.85. The van der Waals surface area contributed by atoms with Crippen molar-refractivity contribution in [2.24, 2.45) is 0 Å². The van der Waals surface area contributed by atoms with E-state index >= 15 is 0 Å². The number of pyridine rings is 1. The van der Waals surface area contributed by atoms with E-state index in [2.05, 4.69) is 9.88 Å². The second-order valence-electron chi connectivity index (χ2n) is 4.88. The molecule has 4 heteroatoms. The van der Waals surface area contributed by atoms with Gasteiger partial charge >= 0.3 is 0 Å². The number of aromatic nitrogens is 1. The molecule has 1 aromatic carbocycles. The van der Waals surface area contributed by atoms with Crippen LogP contribution in [0.5, 0.6) is 0 Å². The molecule has 0 radical (unpaired) electrons. The smallest absolute Gasteiger partial charge is 0.143 e. The zero-order valence-corrected chi connectivity index (χ0v) is 11.0. The molecule has 1 aromatic heterocycles. The third kappa shape index (κ3) is 2.12. The summed E-state index contributed by atoms with van der Waals surface area (Å²) in [4.78, 5) is 6.15. The van der Waals surface area contributed by atoms with Crippen LogP contribution in [0.1, 0.15) is 30.0 Å². The van der Waals surface area contributed by atoms with Crippen molar-refractivity contribution in [2.75, 3.05) is 11.4 Å². The van der Waals surface area contributed by atoms with Crippen LogP contribution in [0.2, 0.25) is 0 Å². The van der Waals surface area contributed by atoms with Gasteiger partial charge in [-0.1, -0.05) is 6.07 Å². The Morgan fingerprint density at radius 2 is 2.05 bits per heavy atom.